The highest BCUT2D eigenvalue weighted by molar-refractivity contribution is 5.26. The van der Waals surface area contributed by atoms with Gasteiger partial charge in [0.15, 0.2) is 0 Å². The Morgan fingerprint density at radius 2 is 1.80 bits per heavy atom. The summed E-state index contributed by atoms with van der Waals surface area (Å²) in [5, 5.41) is 12.3. The van der Waals surface area contributed by atoms with Crippen molar-refractivity contribution in [2.75, 3.05) is 11.9 Å². The summed E-state index contributed by atoms with van der Waals surface area (Å²) in [6.45, 7) is -0.538. The maximum atomic E-state index is 13.3. The first-order valence-electron chi connectivity index (χ1n) is 6.86. The number of halogens is 6. The SMILES string of the molecule is Cn1ccnc1C(O)(CCNc1nccc(C(F)(F)F)n1)C(F)(F)F. The zero-order valence-electron chi connectivity index (χ0n) is 12.7. The zero-order chi connectivity index (χ0) is 18.9. The van der Waals surface area contributed by atoms with Crippen molar-refractivity contribution in [2.45, 2.75) is 24.4 Å². The average Bonchev–Trinajstić information content (AvgIpc) is 2.92. The van der Waals surface area contributed by atoms with E-state index >= 15 is 0 Å². The van der Waals surface area contributed by atoms with Crippen molar-refractivity contribution in [3.63, 3.8) is 0 Å². The van der Waals surface area contributed by atoms with Gasteiger partial charge in [-0.1, -0.05) is 0 Å². The maximum Gasteiger partial charge on any atom is 0.433 e. The number of anilines is 1. The minimum Gasteiger partial charge on any atom is -0.374 e. The summed E-state index contributed by atoms with van der Waals surface area (Å²) < 4.78 is 78.5. The topological polar surface area (TPSA) is 75.9 Å². The van der Waals surface area contributed by atoms with Gasteiger partial charge in [-0.15, -0.1) is 0 Å². The molecule has 2 aromatic heterocycles. The van der Waals surface area contributed by atoms with Gasteiger partial charge in [0.2, 0.25) is 11.5 Å². The summed E-state index contributed by atoms with van der Waals surface area (Å²) in [5.74, 6) is -1.13. The van der Waals surface area contributed by atoms with Gasteiger partial charge < -0.3 is 15.0 Å². The van der Waals surface area contributed by atoms with E-state index in [1.807, 2.05) is 0 Å². The highest BCUT2D eigenvalue weighted by Crippen LogP contribution is 2.40. The Bertz CT molecular complexity index is 728. The molecule has 2 aromatic rings. The van der Waals surface area contributed by atoms with Crippen LogP contribution in [0.3, 0.4) is 0 Å². The second kappa shape index (κ2) is 6.50. The summed E-state index contributed by atoms with van der Waals surface area (Å²) in [6.07, 6.45) is -7.50. The molecule has 0 bridgehead atoms. The molecule has 0 fully saturated rings. The first-order chi connectivity index (χ1) is 11.4. The zero-order valence-corrected chi connectivity index (χ0v) is 12.7. The number of hydrogen-bond acceptors (Lipinski definition) is 5. The molecule has 0 aliphatic carbocycles. The van der Waals surface area contributed by atoms with Gasteiger partial charge in [-0.25, -0.2) is 15.0 Å². The monoisotopic (exact) mass is 369 g/mol. The van der Waals surface area contributed by atoms with Crippen molar-refractivity contribution >= 4 is 5.95 Å². The molecule has 1 atom stereocenters. The first-order valence-corrected chi connectivity index (χ1v) is 6.86. The Hall–Kier alpha value is -2.37. The standard InChI is InChI=1S/C13H13F6N5O/c1-24-7-6-20-9(24)11(25,13(17,18)19)3-5-22-10-21-4-2-8(23-10)12(14,15)16/h2,4,6-7,25H,3,5H2,1H3,(H,21,22,23). The summed E-state index contributed by atoms with van der Waals surface area (Å²) in [5.41, 5.74) is -4.51. The lowest BCUT2D eigenvalue weighted by Crippen LogP contribution is -2.45. The Kier molecular flexibility index (Phi) is 4.93. The fraction of sp³-hybridized carbons (Fsp3) is 0.462. The minimum atomic E-state index is -5.04. The van der Waals surface area contributed by atoms with Crippen molar-refractivity contribution in [2.24, 2.45) is 7.05 Å². The van der Waals surface area contributed by atoms with E-state index in [0.717, 1.165) is 17.0 Å². The van der Waals surface area contributed by atoms with E-state index < -0.39 is 48.4 Å². The highest BCUT2D eigenvalue weighted by Gasteiger charge is 2.57. The van der Waals surface area contributed by atoms with E-state index in [4.69, 9.17) is 0 Å². The molecular formula is C13H13F6N5O. The quantitative estimate of drug-likeness (QED) is 0.792. The predicted molar refractivity (Wildman–Crippen MR) is 73.3 cm³/mol. The Balaban J connectivity index is 2.14. The molecule has 0 aliphatic heterocycles. The van der Waals surface area contributed by atoms with E-state index in [1.165, 1.54) is 13.2 Å². The van der Waals surface area contributed by atoms with Crippen molar-refractivity contribution in [3.8, 4) is 0 Å². The molecule has 0 aromatic carbocycles. The molecule has 138 valence electrons. The number of alkyl halides is 6. The molecule has 12 heteroatoms. The fourth-order valence-electron chi connectivity index (χ4n) is 2.10. The smallest absolute Gasteiger partial charge is 0.374 e. The largest absolute Gasteiger partial charge is 0.433 e. The van der Waals surface area contributed by atoms with Crippen molar-refractivity contribution in [1.82, 2.24) is 19.5 Å². The molecule has 0 saturated heterocycles. The summed E-state index contributed by atoms with van der Waals surface area (Å²) in [7, 11) is 1.28. The second-order valence-electron chi connectivity index (χ2n) is 5.16. The molecule has 2 rings (SSSR count). The van der Waals surface area contributed by atoms with Crippen LogP contribution in [0.25, 0.3) is 0 Å². The maximum absolute atomic E-state index is 13.3. The lowest BCUT2D eigenvalue weighted by Gasteiger charge is -2.29. The van der Waals surface area contributed by atoms with Crippen LogP contribution in [0, 0.1) is 0 Å². The lowest BCUT2D eigenvalue weighted by molar-refractivity contribution is -0.271. The normalized spacial score (nSPS) is 15.0. The molecular weight excluding hydrogens is 356 g/mol. The van der Waals surface area contributed by atoms with E-state index in [0.29, 0.717) is 6.07 Å². The van der Waals surface area contributed by atoms with Gasteiger partial charge in [0, 0.05) is 38.6 Å². The molecule has 0 saturated carbocycles. The molecule has 2 heterocycles. The Morgan fingerprint density at radius 3 is 2.32 bits per heavy atom. The van der Waals surface area contributed by atoms with E-state index in [9.17, 15) is 31.4 Å². The predicted octanol–water partition coefficient (Wildman–Crippen LogP) is 2.48. The number of aliphatic hydroxyl groups is 1. The third kappa shape index (κ3) is 4.00. The third-order valence-electron chi connectivity index (χ3n) is 3.38. The number of hydrogen-bond donors (Lipinski definition) is 2. The van der Waals surface area contributed by atoms with Crippen LogP contribution >= 0.6 is 0 Å². The van der Waals surface area contributed by atoms with Gasteiger partial charge in [0.05, 0.1) is 0 Å². The molecule has 0 amide bonds. The Morgan fingerprint density at radius 1 is 1.12 bits per heavy atom. The van der Waals surface area contributed by atoms with Crippen LogP contribution in [-0.2, 0) is 18.8 Å². The second-order valence-corrected chi connectivity index (χ2v) is 5.16. The van der Waals surface area contributed by atoms with Crippen molar-refractivity contribution in [3.05, 3.63) is 36.2 Å². The number of rotatable bonds is 5. The van der Waals surface area contributed by atoms with E-state index in [2.05, 4.69) is 20.3 Å². The number of nitrogens with one attached hydrogen (secondary N) is 1. The molecule has 6 nitrogen and oxygen atoms in total. The number of aromatic nitrogens is 4. The molecule has 0 radical (unpaired) electrons. The van der Waals surface area contributed by atoms with Crippen LogP contribution in [0.5, 0.6) is 0 Å². The third-order valence-corrected chi connectivity index (χ3v) is 3.38. The lowest BCUT2D eigenvalue weighted by atomic mass is 9.97. The van der Waals surface area contributed by atoms with Gasteiger partial charge in [0.1, 0.15) is 11.5 Å². The molecule has 0 spiro atoms. The summed E-state index contributed by atoms with van der Waals surface area (Å²) in [6, 6.07) is 0.630. The van der Waals surface area contributed by atoms with Gasteiger partial charge >= 0.3 is 12.4 Å². The first kappa shape index (κ1) is 19.0. The van der Waals surface area contributed by atoms with Crippen LogP contribution < -0.4 is 5.32 Å². The average molecular weight is 369 g/mol. The minimum absolute atomic E-state index is 0.501. The fourth-order valence-corrected chi connectivity index (χ4v) is 2.10. The number of aryl methyl sites for hydroxylation is 1. The summed E-state index contributed by atoms with van der Waals surface area (Å²) in [4.78, 5) is 10.2. The number of nitrogens with zero attached hydrogens (tertiary/aromatic N) is 4. The number of imidazole rings is 1. The van der Waals surface area contributed by atoms with E-state index in [1.54, 1.807) is 0 Å². The molecule has 25 heavy (non-hydrogen) atoms. The highest BCUT2D eigenvalue weighted by atomic mass is 19.4. The van der Waals surface area contributed by atoms with Crippen molar-refractivity contribution < 1.29 is 31.4 Å². The Labute approximate surface area is 137 Å². The van der Waals surface area contributed by atoms with E-state index in [-0.39, 0.29) is 0 Å². The van der Waals surface area contributed by atoms with Crippen LogP contribution in [0.2, 0.25) is 0 Å². The molecule has 0 aliphatic rings. The van der Waals surface area contributed by atoms with Crippen LogP contribution in [0.4, 0.5) is 32.3 Å². The van der Waals surface area contributed by atoms with Crippen molar-refractivity contribution in [1.29, 1.82) is 0 Å². The summed E-state index contributed by atoms with van der Waals surface area (Å²) >= 11 is 0. The van der Waals surface area contributed by atoms with Crippen LogP contribution in [0.15, 0.2) is 24.7 Å². The van der Waals surface area contributed by atoms with Gasteiger partial charge in [-0.2, -0.15) is 26.3 Å². The van der Waals surface area contributed by atoms with Gasteiger partial charge in [-0.05, 0) is 6.07 Å². The van der Waals surface area contributed by atoms with Crippen LogP contribution in [-0.4, -0.2) is 37.3 Å². The molecule has 1 unspecified atom stereocenters. The van der Waals surface area contributed by atoms with Gasteiger partial charge in [0.25, 0.3) is 0 Å². The van der Waals surface area contributed by atoms with Crippen LogP contribution in [0.1, 0.15) is 17.9 Å². The molecule has 2 N–H and O–H groups in total. The van der Waals surface area contributed by atoms with Gasteiger partial charge in [-0.3, -0.25) is 0 Å².